The maximum absolute atomic E-state index is 12.8. The first-order valence-electron chi connectivity index (χ1n) is 9.52. The van der Waals surface area contributed by atoms with Gasteiger partial charge in [0.15, 0.2) is 11.0 Å². The van der Waals surface area contributed by atoms with E-state index < -0.39 is 40.8 Å². The number of hydrogen-bond acceptors (Lipinski definition) is 14. The molecule has 0 aliphatic carbocycles. The molecule has 0 saturated carbocycles. The van der Waals surface area contributed by atoms with Crippen LogP contribution < -0.4 is 22.3 Å². The molecule has 1 saturated heterocycles. The zero-order chi connectivity index (χ0) is 25.3. The molecule has 2 amide bonds. The predicted octanol–water partition coefficient (Wildman–Crippen LogP) is -0.362. The van der Waals surface area contributed by atoms with Gasteiger partial charge in [0, 0.05) is 23.4 Å². The lowest BCUT2D eigenvalue weighted by molar-refractivity contribution is -0.150. The molecular weight excluding hydrogens is 522 g/mol. The third kappa shape index (κ3) is 4.88. The van der Waals surface area contributed by atoms with E-state index in [0.717, 1.165) is 28.2 Å². The number of carbonyl (C=O) groups excluding carboxylic acids is 2. The Balaban J connectivity index is 1.48. The smallest absolute Gasteiger partial charge is 0.352 e. The minimum atomic E-state index is -1.60. The largest absolute Gasteiger partial charge is 0.477 e. The van der Waals surface area contributed by atoms with Crippen molar-refractivity contribution in [3.63, 3.8) is 0 Å². The van der Waals surface area contributed by atoms with Crippen LogP contribution in [0.1, 0.15) is 11.9 Å². The molecule has 0 bridgehead atoms. The van der Waals surface area contributed by atoms with E-state index in [-0.39, 0.29) is 28.4 Å². The maximum Gasteiger partial charge on any atom is 0.352 e. The predicted molar refractivity (Wildman–Crippen MR) is 127 cm³/mol. The van der Waals surface area contributed by atoms with E-state index in [0.29, 0.717) is 10.6 Å². The molecule has 2 aromatic rings. The van der Waals surface area contributed by atoms with E-state index in [4.69, 9.17) is 11.5 Å². The molecule has 3 atom stereocenters. The second-order valence-corrected chi connectivity index (χ2v) is 9.78. The van der Waals surface area contributed by atoms with Crippen molar-refractivity contribution < 1.29 is 19.5 Å². The van der Waals surface area contributed by atoms with Crippen LogP contribution in [0.4, 0.5) is 11.1 Å². The van der Waals surface area contributed by atoms with Crippen molar-refractivity contribution >= 4 is 63.9 Å². The molecule has 2 aromatic heterocycles. The van der Waals surface area contributed by atoms with Crippen molar-refractivity contribution in [1.82, 2.24) is 29.5 Å². The molecule has 0 radical (unpaired) electrons. The highest BCUT2D eigenvalue weighted by molar-refractivity contribution is 8.02. The van der Waals surface area contributed by atoms with Crippen molar-refractivity contribution in [2.24, 2.45) is 5.18 Å². The van der Waals surface area contributed by atoms with Crippen molar-refractivity contribution in [3.8, 4) is 0 Å². The van der Waals surface area contributed by atoms with E-state index in [9.17, 15) is 29.2 Å². The Morgan fingerprint density at radius 1 is 1.37 bits per heavy atom. The van der Waals surface area contributed by atoms with Crippen LogP contribution >= 0.6 is 35.1 Å². The number of carbonyl (C=O) groups is 3. The van der Waals surface area contributed by atoms with Crippen LogP contribution in [0.5, 0.6) is 0 Å². The minimum Gasteiger partial charge on any atom is -0.477 e. The number of nitrogen functional groups attached to an aromatic ring is 2. The summed E-state index contributed by atoms with van der Waals surface area (Å²) in [6.07, 6.45) is 1.50. The first kappa shape index (κ1) is 24.4. The molecule has 7 N–H and O–H groups in total. The molecular formula is C17H15N9O6S3. The molecule has 2 aliphatic rings. The number of allylic oxidation sites excluding steroid dienone is 1. The van der Waals surface area contributed by atoms with Crippen molar-refractivity contribution in [3.05, 3.63) is 49.9 Å². The number of aromatic nitrogens is 4. The highest BCUT2D eigenvalue weighted by atomic mass is 32.2. The zero-order valence-electron chi connectivity index (χ0n) is 17.3. The van der Waals surface area contributed by atoms with Gasteiger partial charge in [0.05, 0.1) is 0 Å². The number of rotatable bonds is 8. The van der Waals surface area contributed by atoms with Crippen LogP contribution in [0.2, 0.25) is 0 Å². The number of aromatic amines is 1. The maximum atomic E-state index is 12.8. The van der Waals surface area contributed by atoms with Gasteiger partial charge in [-0.1, -0.05) is 11.8 Å². The topological polar surface area (TPSA) is 240 Å². The third-order valence-electron chi connectivity index (χ3n) is 4.75. The Kier molecular flexibility index (Phi) is 6.85. The summed E-state index contributed by atoms with van der Waals surface area (Å²) in [5.41, 5.74) is 10.6. The Morgan fingerprint density at radius 3 is 2.77 bits per heavy atom. The number of fused-ring (bicyclic) bond motifs is 1. The molecule has 4 heterocycles. The number of aliphatic carboxylic acids is 1. The van der Waals surface area contributed by atoms with Gasteiger partial charge in [-0.25, -0.2) is 14.8 Å². The van der Waals surface area contributed by atoms with Crippen LogP contribution in [-0.2, 0) is 14.4 Å². The Bertz CT molecular complexity index is 1340. The fourth-order valence-electron chi connectivity index (χ4n) is 3.27. The molecule has 0 spiro atoms. The fraction of sp³-hybridized carbons (Fsp3) is 0.235. The number of β-lactam (4-membered cyclic amide) rings is 1. The summed E-state index contributed by atoms with van der Waals surface area (Å²) in [5, 5.41) is 16.1. The van der Waals surface area contributed by atoms with Crippen molar-refractivity contribution in [2.75, 3.05) is 17.2 Å². The number of amides is 2. The highest BCUT2D eigenvalue weighted by Crippen LogP contribution is 2.41. The van der Waals surface area contributed by atoms with Crippen molar-refractivity contribution in [1.29, 1.82) is 0 Å². The van der Waals surface area contributed by atoms with E-state index >= 15 is 0 Å². The summed E-state index contributed by atoms with van der Waals surface area (Å²) in [6.45, 7) is 0. The van der Waals surface area contributed by atoms with Gasteiger partial charge in [0.2, 0.25) is 12.0 Å². The number of H-pyrrole nitrogens is 1. The molecule has 182 valence electrons. The summed E-state index contributed by atoms with van der Waals surface area (Å²) >= 11 is 3.05. The van der Waals surface area contributed by atoms with Gasteiger partial charge in [-0.15, -0.1) is 16.7 Å². The van der Waals surface area contributed by atoms with E-state index in [2.05, 4.69) is 29.8 Å². The quantitative estimate of drug-likeness (QED) is 0.125. The van der Waals surface area contributed by atoms with Crippen molar-refractivity contribution in [2.45, 2.75) is 22.5 Å². The van der Waals surface area contributed by atoms with Crippen LogP contribution in [0, 0.1) is 4.91 Å². The second-order valence-electron chi connectivity index (χ2n) is 6.96. The third-order valence-corrected chi connectivity index (χ3v) is 7.33. The lowest BCUT2D eigenvalue weighted by Crippen LogP contribution is -2.70. The van der Waals surface area contributed by atoms with E-state index in [1.54, 1.807) is 0 Å². The zero-order valence-corrected chi connectivity index (χ0v) is 19.7. The standard InChI is InChI=1S/C17H15N9O6S3/c18-16-20-6(27)3-7(21-16)33-2-1-5-4-34-14-9(13(29)26(14)10(5)15(30)31)22-12(28)8(24-32)11-23-17(19)35-25-11/h1-3,8-9,14H,4H2,(H,22,28)(H,30,31)(H2,19,23,25)(H3,18,20,21,27)/t8?,9-,14-/m1/s1. The molecule has 15 nitrogen and oxygen atoms in total. The van der Waals surface area contributed by atoms with Crippen LogP contribution in [0.15, 0.2) is 43.8 Å². The average molecular weight is 538 g/mol. The first-order valence-corrected chi connectivity index (χ1v) is 12.2. The van der Waals surface area contributed by atoms with Gasteiger partial charge in [-0.05, 0) is 22.2 Å². The number of nitrogens with two attached hydrogens (primary N) is 2. The summed E-state index contributed by atoms with van der Waals surface area (Å²) in [5.74, 6) is -2.92. The molecule has 1 fully saturated rings. The molecule has 2 aliphatic heterocycles. The number of nitroso groups, excluding NO2 is 1. The second kappa shape index (κ2) is 9.84. The summed E-state index contributed by atoms with van der Waals surface area (Å²) < 4.78 is 3.79. The van der Waals surface area contributed by atoms with Crippen LogP contribution in [0.25, 0.3) is 0 Å². The number of anilines is 2. The van der Waals surface area contributed by atoms with Gasteiger partial charge >= 0.3 is 5.97 Å². The lowest BCUT2D eigenvalue weighted by atomic mass is 10.0. The number of carboxylic acid groups (broad SMARTS) is 1. The number of hydrogen-bond donors (Lipinski definition) is 5. The molecule has 0 aromatic carbocycles. The number of nitrogens with one attached hydrogen (secondary N) is 2. The number of thioether (sulfide) groups is 2. The first-order chi connectivity index (χ1) is 16.7. The van der Waals surface area contributed by atoms with E-state index in [1.165, 1.54) is 29.3 Å². The average Bonchev–Trinajstić information content (AvgIpc) is 3.22. The summed E-state index contributed by atoms with van der Waals surface area (Å²) in [7, 11) is 0. The van der Waals surface area contributed by atoms with Crippen LogP contribution in [-0.4, -0.2) is 64.3 Å². The normalized spacial score (nSPS) is 20.3. The number of nitrogens with zero attached hydrogens (tertiary/aromatic N) is 5. The molecule has 18 heteroatoms. The van der Waals surface area contributed by atoms with Crippen LogP contribution in [0.3, 0.4) is 0 Å². The van der Waals surface area contributed by atoms with Gasteiger partial charge < -0.3 is 21.9 Å². The summed E-state index contributed by atoms with van der Waals surface area (Å²) in [6, 6.07) is -1.44. The Labute approximate surface area is 207 Å². The molecule has 1 unspecified atom stereocenters. The van der Waals surface area contributed by atoms with E-state index in [1.807, 2.05) is 0 Å². The number of carboxylic acids is 1. The molecule has 35 heavy (non-hydrogen) atoms. The minimum absolute atomic E-state index is 0.0449. The monoisotopic (exact) mass is 537 g/mol. The SMILES string of the molecule is Nc1nc(SC=CC2=C(C(=O)O)N3C(=O)[C@@H](NC(=O)C(N=O)c4nsc(N)n4)[C@H]3SC2)cc(=O)[nH]1. The van der Waals surface area contributed by atoms with Gasteiger partial charge in [-0.2, -0.15) is 4.37 Å². The highest BCUT2D eigenvalue weighted by Gasteiger charge is 2.54. The molecule has 4 rings (SSSR count). The Morgan fingerprint density at radius 2 is 2.14 bits per heavy atom. The van der Waals surface area contributed by atoms with Gasteiger partial charge in [0.1, 0.15) is 22.1 Å². The lowest BCUT2D eigenvalue weighted by Gasteiger charge is -2.49. The summed E-state index contributed by atoms with van der Waals surface area (Å²) in [4.78, 5) is 71.0. The van der Waals surface area contributed by atoms with Gasteiger partial charge in [-0.3, -0.25) is 24.3 Å². The van der Waals surface area contributed by atoms with Gasteiger partial charge in [0.25, 0.3) is 17.4 Å². The fourth-order valence-corrected chi connectivity index (χ4v) is 5.75. The Hall–Kier alpha value is -3.77.